The lowest BCUT2D eigenvalue weighted by Gasteiger charge is -2.26. The minimum Gasteiger partial charge on any atom is -0.326 e. The van der Waals surface area contributed by atoms with Gasteiger partial charge in [0.25, 0.3) is 0 Å². The molecule has 21 heavy (non-hydrogen) atoms. The Kier molecular flexibility index (Phi) is 5.37. The quantitative estimate of drug-likeness (QED) is 0.858. The third-order valence-corrected chi connectivity index (χ3v) is 6.23. The topological polar surface area (TPSA) is 66.6 Å². The van der Waals surface area contributed by atoms with Gasteiger partial charge in [0.05, 0.1) is 4.90 Å². The number of hydrogen-bond acceptors (Lipinski definition) is 4. The molecule has 2 rings (SSSR count). The van der Waals surface area contributed by atoms with E-state index in [1.54, 1.807) is 22.5 Å². The van der Waals surface area contributed by atoms with E-state index in [1.807, 2.05) is 6.07 Å². The third kappa shape index (κ3) is 3.29. The van der Waals surface area contributed by atoms with Gasteiger partial charge in [0.2, 0.25) is 10.0 Å². The van der Waals surface area contributed by atoms with Crippen LogP contribution in [0.4, 0.5) is 0 Å². The number of sulfonamides is 1. The molecule has 1 saturated heterocycles. The SMILES string of the molecule is CCN(CC)C1CCN(S(=O)(=O)c2ccccc2CN)C1. The van der Waals surface area contributed by atoms with E-state index in [2.05, 4.69) is 18.7 Å². The van der Waals surface area contributed by atoms with Crippen molar-refractivity contribution in [1.29, 1.82) is 0 Å². The fraction of sp³-hybridized carbons (Fsp3) is 0.600. The summed E-state index contributed by atoms with van der Waals surface area (Å²) in [5, 5.41) is 0. The molecule has 0 amide bonds. The number of rotatable bonds is 6. The van der Waals surface area contributed by atoms with Gasteiger partial charge in [0, 0.05) is 25.7 Å². The first-order valence-electron chi connectivity index (χ1n) is 7.56. The monoisotopic (exact) mass is 311 g/mol. The van der Waals surface area contributed by atoms with Crippen LogP contribution in [0.15, 0.2) is 29.2 Å². The average molecular weight is 311 g/mol. The molecule has 0 radical (unpaired) electrons. The lowest BCUT2D eigenvalue weighted by atomic mass is 10.2. The maximum Gasteiger partial charge on any atom is 0.243 e. The van der Waals surface area contributed by atoms with E-state index < -0.39 is 10.0 Å². The van der Waals surface area contributed by atoms with Crippen molar-refractivity contribution in [2.45, 2.75) is 37.8 Å². The van der Waals surface area contributed by atoms with Gasteiger partial charge in [-0.2, -0.15) is 4.31 Å². The van der Waals surface area contributed by atoms with Crippen molar-refractivity contribution in [3.05, 3.63) is 29.8 Å². The Bertz CT molecular complexity index is 570. The molecule has 0 aromatic heterocycles. The van der Waals surface area contributed by atoms with E-state index >= 15 is 0 Å². The summed E-state index contributed by atoms with van der Waals surface area (Å²) < 4.78 is 27.2. The maximum absolute atomic E-state index is 12.8. The molecule has 1 unspecified atom stereocenters. The molecule has 2 N–H and O–H groups in total. The minimum absolute atomic E-state index is 0.239. The van der Waals surface area contributed by atoms with Gasteiger partial charge in [-0.1, -0.05) is 32.0 Å². The van der Waals surface area contributed by atoms with Crippen LogP contribution < -0.4 is 5.73 Å². The number of benzene rings is 1. The predicted molar refractivity (Wildman–Crippen MR) is 84.4 cm³/mol. The molecule has 1 heterocycles. The van der Waals surface area contributed by atoms with Crippen LogP contribution in [0.3, 0.4) is 0 Å². The van der Waals surface area contributed by atoms with Crippen LogP contribution >= 0.6 is 0 Å². The van der Waals surface area contributed by atoms with Gasteiger partial charge in [0.15, 0.2) is 0 Å². The van der Waals surface area contributed by atoms with Crippen LogP contribution in [0, 0.1) is 0 Å². The molecule has 6 heteroatoms. The highest BCUT2D eigenvalue weighted by molar-refractivity contribution is 7.89. The normalized spacial score (nSPS) is 20.3. The molecule has 1 aromatic rings. The van der Waals surface area contributed by atoms with Crippen molar-refractivity contribution >= 4 is 10.0 Å². The first-order chi connectivity index (χ1) is 10.0. The minimum atomic E-state index is -3.44. The smallest absolute Gasteiger partial charge is 0.243 e. The number of hydrogen-bond donors (Lipinski definition) is 1. The van der Waals surface area contributed by atoms with Gasteiger partial charge < -0.3 is 5.73 Å². The van der Waals surface area contributed by atoms with Crippen LogP contribution in [0.1, 0.15) is 25.8 Å². The van der Waals surface area contributed by atoms with E-state index in [1.165, 1.54) is 0 Å². The fourth-order valence-electron chi connectivity index (χ4n) is 3.03. The number of nitrogens with two attached hydrogens (primary N) is 1. The van der Waals surface area contributed by atoms with Gasteiger partial charge in [-0.25, -0.2) is 8.42 Å². The molecule has 0 bridgehead atoms. The van der Waals surface area contributed by atoms with Crippen molar-refractivity contribution in [3.8, 4) is 0 Å². The Morgan fingerprint density at radius 2 is 1.95 bits per heavy atom. The van der Waals surface area contributed by atoms with Crippen molar-refractivity contribution in [3.63, 3.8) is 0 Å². The van der Waals surface area contributed by atoms with E-state index in [0.717, 1.165) is 19.5 Å². The van der Waals surface area contributed by atoms with E-state index in [0.29, 0.717) is 29.6 Å². The molecule has 1 atom stereocenters. The van der Waals surface area contributed by atoms with Crippen LogP contribution in [0.5, 0.6) is 0 Å². The summed E-state index contributed by atoms with van der Waals surface area (Å²) in [5.41, 5.74) is 6.36. The van der Waals surface area contributed by atoms with E-state index in [-0.39, 0.29) is 6.54 Å². The second-order valence-corrected chi connectivity index (χ2v) is 7.24. The van der Waals surface area contributed by atoms with Crippen molar-refractivity contribution < 1.29 is 8.42 Å². The maximum atomic E-state index is 12.8. The van der Waals surface area contributed by atoms with Gasteiger partial charge in [-0.05, 0) is 31.1 Å². The first-order valence-corrected chi connectivity index (χ1v) is 9.00. The lowest BCUT2D eigenvalue weighted by molar-refractivity contribution is 0.224. The highest BCUT2D eigenvalue weighted by atomic mass is 32.2. The van der Waals surface area contributed by atoms with E-state index in [4.69, 9.17) is 5.73 Å². The Labute approximate surface area is 127 Å². The predicted octanol–water partition coefficient (Wildman–Crippen LogP) is 1.25. The van der Waals surface area contributed by atoms with Gasteiger partial charge in [-0.3, -0.25) is 4.90 Å². The average Bonchev–Trinajstić information content (AvgIpc) is 2.99. The largest absolute Gasteiger partial charge is 0.326 e. The highest BCUT2D eigenvalue weighted by Crippen LogP contribution is 2.25. The van der Waals surface area contributed by atoms with Gasteiger partial charge in [0.1, 0.15) is 0 Å². The summed E-state index contributed by atoms with van der Waals surface area (Å²) in [5.74, 6) is 0. The third-order valence-electron chi connectivity index (χ3n) is 4.27. The molecule has 0 spiro atoms. The Morgan fingerprint density at radius 3 is 2.57 bits per heavy atom. The molecule has 5 nitrogen and oxygen atoms in total. The lowest BCUT2D eigenvalue weighted by Crippen LogP contribution is -2.38. The van der Waals surface area contributed by atoms with E-state index in [9.17, 15) is 8.42 Å². The molecular formula is C15H25N3O2S. The molecular weight excluding hydrogens is 286 g/mol. The first kappa shape index (κ1) is 16.4. The molecule has 1 aromatic carbocycles. The summed E-state index contributed by atoms with van der Waals surface area (Å²) >= 11 is 0. The number of nitrogens with zero attached hydrogens (tertiary/aromatic N) is 2. The van der Waals surface area contributed by atoms with Crippen LogP contribution in [-0.4, -0.2) is 49.8 Å². The van der Waals surface area contributed by atoms with Crippen LogP contribution in [-0.2, 0) is 16.6 Å². The zero-order valence-corrected chi connectivity index (χ0v) is 13.6. The fourth-order valence-corrected chi connectivity index (χ4v) is 4.76. The van der Waals surface area contributed by atoms with Gasteiger partial charge >= 0.3 is 0 Å². The highest BCUT2D eigenvalue weighted by Gasteiger charge is 2.35. The number of likely N-dealkylation sites (N-methyl/N-ethyl adjacent to an activating group) is 1. The van der Waals surface area contributed by atoms with Crippen molar-refractivity contribution in [2.75, 3.05) is 26.2 Å². The summed E-state index contributed by atoms with van der Waals surface area (Å²) in [6.07, 6.45) is 0.895. The van der Waals surface area contributed by atoms with Crippen LogP contribution in [0.25, 0.3) is 0 Å². The summed E-state index contributed by atoms with van der Waals surface area (Å²) in [6.45, 7) is 7.53. The standard InChI is InChI=1S/C15H25N3O2S/c1-3-17(4-2)14-9-10-18(12-14)21(19,20)15-8-6-5-7-13(15)11-16/h5-8,14H,3-4,9-12,16H2,1-2H3. The summed E-state index contributed by atoms with van der Waals surface area (Å²) in [4.78, 5) is 2.68. The Balaban J connectivity index is 2.22. The Morgan fingerprint density at radius 1 is 1.29 bits per heavy atom. The molecule has 1 fully saturated rings. The molecule has 0 aliphatic carbocycles. The molecule has 1 aliphatic rings. The second kappa shape index (κ2) is 6.87. The summed E-state index contributed by atoms with van der Waals surface area (Å²) in [7, 11) is -3.44. The van der Waals surface area contributed by atoms with Gasteiger partial charge in [-0.15, -0.1) is 0 Å². The molecule has 0 saturated carbocycles. The summed E-state index contributed by atoms with van der Waals surface area (Å²) in [6, 6.07) is 7.33. The second-order valence-electron chi connectivity index (χ2n) is 5.34. The molecule has 118 valence electrons. The van der Waals surface area contributed by atoms with Crippen molar-refractivity contribution in [1.82, 2.24) is 9.21 Å². The zero-order chi connectivity index (χ0) is 15.5. The molecule has 1 aliphatic heterocycles. The van der Waals surface area contributed by atoms with Crippen LogP contribution in [0.2, 0.25) is 0 Å². The zero-order valence-electron chi connectivity index (χ0n) is 12.8. The Hall–Kier alpha value is -0.950. The van der Waals surface area contributed by atoms with Crippen molar-refractivity contribution in [2.24, 2.45) is 5.73 Å².